The van der Waals surface area contributed by atoms with E-state index in [1.165, 1.54) is 11.6 Å². The fraction of sp³-hybridized carbons (Fsp3) is 0.267. The number of nitrogens with zero attached hydrogens (tertiary/aromatic N) is 2. The molecule has 0 saturated carbocycles. The second-order valence-electron chi connectivity index (χ2n) is 5.24. The highest BCUT2D eigenvalue weighted by atomic mass is 16.6. The summed E-state index contributed by atoms with van der Waals surface area (Å²) in [5, 5.41) is 17.4. The first-order chi connectivity index (χ1) is 10.1. The van der Waals surface area contributed by atoms with E-state index in [1.54, 1.807) is 12.1 Å². The number of hydrogen-bond acceptors (Lipinski definition) is 4. The van der Waals surface area contributed by atoms with Crippen molar-refractivity contribution in [1.29, 1.82) is 0 Å². The summed E-state index contributed by atoms with van der Waals surface area (Å²) in [4.78, 5) is 10.4. The molecular weight excluding hydrogens is 268 g/mol. The van der Waals surface area contributed by atoms with Gasteiger partial charge in [-0.25, -0.2) is 4.57 Å². The van der Waals surface area contributed by atoms with Crippen LogP contribution in [-0.4, -0.2) is 11.1 Å². The van der Waals surface area contributed by atoms with E-state index in [9.17, 15) is 10.1 Å². The van der Waals surface area contributed by atoms with Crippen LogP contribution in [0, 0.1) is 10.1 Å². The monoisotopic (exact) mass is 285 g/mol. The van der Waals surface area contributed by atoms with E-state index in [1.807, 2.05) is 23.9 Å². The van der Waals surface area contributed by atoms with E-state index in [-0.39, 0.29) is 16.8 Å². The van der Waals surface area contributed by atoms with Crippen molar-refractivity contribution < 1.29 is 9.49 Å². The number of hydrogen-bond donors (Lipinski definition) is 2. The minimum absolute atomic E-state index is 0.104. The quantitative estimate of drug-likeness (QED) is 0.513. The Bertz CT molecular complexity index is 687. The first kappa shape index (κ1) is 13.4. The molecule has 1 atom stereocenters. The lowest BCUT2D eigenvalue weighted by molar-refractivity contribution is -0.671. The number of rotatable bonds is 4. The summed E-state index contributed by atoms with van der Waals surface area (Å²) in [5.74, 6) is 0. The second kappa shape index (κ2) is 5.40. The van der Waals surface area contributed by atoms with Crippen molar-refractivity contribution in [3.05, 3.63) is 58.4 Å². The molecule has 6 nitrogen and oxygen atoms in total. The molecule has 1 aromatic heterocycles. The van der Waals surface area contributed by atoms with Crippen LogP contribution in [0.5, 0.6) is 0 Å². The molecule has 1 aliphatic rings. The summed E-state index contributed by atoms with van der Waals surface area (Å²) in [6, 6.07) is 8.98. The largest absolute Gasteiger partial charge is 0.364 e. The Kier molecular flexibility index (Phi) is 3.43. The first-order valence-electron chi connectivity index (χ1n) is 6.87. The SMILES string of the molecule is C[n+]1cccc(CC[C@@H]2Nc3ccc([N+](=O)[O-])cc3N2)c1. The van der Waals surface area contributed by atoms with Crippen LogP contribution < -0.4 is 15.2 Å². The standard InChI is InChI=1S/C15H17N4O2/c1-18-8-2-3-11(10-18)4-7-15-16-13-6-5-12(19(20)21)9-14(13)17-15/h2-3,5-6,8-10,15-17H,4,7H2,1H3/q+1/t15-/m1/s1. The molecule has 21 heavy (non-hydrogen) atoms. The molecule has 6 heteroatoms. The molecule has 0 saturated heterocycles. The van der Waals surface area contributed by atoms with E-state index < -0.39 is 0 Å². The zero-order chi connectivity index (χ0) is 14.8. The van der Waals surface area contributed by atoms with Gasteiger partial charge < -0.3 is 10.6 Å². The molecule has 0 radical (unpaired) electrons. The van der Waals surface area contributed by atoms with E-state index in [2.05, 4.69) is 22.9 Å². The van der Waals surface area contributed by atoms with E-state index >= 15 is 0 Å². The van der Waals surface area contributed by atoms with Gasteiger partial charge in [0.1, 0.15) is 7.05 Å². The molecule has 0 amide bonds. The van der Waals surface area contributed by atoms with Crippen molar-refractivity contribution in [3.63, 3.8) is 0 Å². The number of anilines is 2. The highest BCUT2D eigenvalue weighted by Gasteiger charge is 2.21. The third-order valence-corrected chi connectivity index (χ3v) is 3.60. The summed E-state index contributed by atoms with van der Waals surface area (Å²) in [5.41, 5.74) is 3.10. The molecule has 2 aromatic rings. The molecule has 3 rings (SSSR count). The highest BCUT2D eigenvalue weighted by molar-refractivity contribution is 5.76. The number of benzene rings is 1. The lowest BCUT2D eigenvalue weighted by atomic mass is 10.1. The maximum atomic E-state index is 10.8. The van der Waals surface area contributed by atoms with Crippen LogP contribution in [0.25, 0.3) is 0 Å². The van der Waals surface area contributed by atoms with Gasteiger partial charge in [0.2, 0.25) is 0 Å². The Labute approximate surface area is 122 Å². The molecular formula is C15H17N4O2+. The zero-order valence-corrected chi connectivity index (χ0v) is 11.7. The van der Waals surface area contributed by atoms with Gasteiger partial charge in [0, 0.05) is 23.8 Å². The molecule has 0 bridgehead atoms. The van der Waals surface area contributed by atoms with Crippen LogP contribution in [0.3, 0.4) is 0 Å². The number of nitrogens with one attached hydrogen (secondary N) is 2. The van der Waals surface area contributed by atoms with Crippen molar-refractivity contribution >= 4 is 17.1 Å². The fourth-order valence-corrected chi connectivity index (χ4v) is 2.56. The number of nitro benzene ring substituents is 1. The predicted octanol–water partition coefficient (Wildman–Crippen LogP) is 2.22. The van der Waals surface area contributed by atoms with Gasteiger partial charge >= 0.3 is 0 Å². The Hall–Kier alpha value is -2.63. The predicted molar refractivity (Wildman–Crippen MR) is 80.1 cm³/mol. The third-order valence-electron chi connectivity index (χ3n) is 3.60. The number of aromatic nitrogens is 1. The lowest BCUT2D eigenvalue weighted by Crippen LogP contribution is -2.27. The molecule has 0 unspecified atom stereocenters. The van der Waals surface area contributed by atoms with Crippen LogP contribution in [0.4, 0.5) is 17.1 Å². The number of nitro groups is 1. The van der Waals surface area contributed by atoms with Gasteiger partial charge in [-0.15, -0.1) is 0 Å². The molecule has 2 heterocycles. The van der Waals surface area contributed by atoms with Gasteiger partial charge in [-0.05, 0) is 25.0 Å². The second-order valence-corrected chi connectivity index (χ2v) is 5.24. The summed E-state index contributed by atoms with van der Waals surface area (Å²) in [6.07, 6.45) is 6.06. The minimum atomic E-state index is -0.376. The third kappa shape index (κ3) is 2.94. The summed E-state index contributed by atoms with van der Waals surface area (Å²) in [6.45, 7) is 0. The van der Waals surface area contributed by atoms with E-state index in [0.717, 1.165) is 24.2 Å². The molecule has 1 aliphatic heterocycles. The number of fused-ring (bicyclic) bond motifs is 1. The fourth-order valence-electron chi connectivity index (χ4n) is 2.56. The van der Waals surface area contributed by atoms with E-state index in [0.29, 0.717) is 0 Å². The smallest absolute Gasteiger partial charge is 0.271 e. The molecule has 1 aromatic carbocycles. The van der Waals surface area contributed by atoms with Gasteiger partial charge in [0.15, 0.2) is 12.4 Å². The number of non-ortho nitro benzene ring substituents is 1. The zero-order valence-electron chi connectivity index (χ0n) is 11.7. The van der Waals surface area contributed by atoms with Crippen molar-refractivity contribution in [1.82, 2.24) is 0 Å². The van der Waals surface area contributed by atoms with Crippen LogP contribution in [0.15, 0.2) is 42.7 Å². The molecule has 108 valence electrons. The average Bonchev–Trinajstić information content (AvgIpc) is 2.87. The molecule has 0 fully saturated rings. The average molecular weight is 285 g/mol. The van der Waals surface area contributed by atoms with Crippen molar-refractivity contribution in [3.8, 4) is 0 Å². The van der Waals surface area contributed by atoms with Crippen LogP contribution >= 0.6 is 0 Å². The topological polar surface area (TPSA) is 71.1 Å². The van der Waals surface area contributed by atoms with Crippen LogP contribution in [-0.2, 0) is 13.5 Å². The maximum absolute atomic E-state index is 10.8. The summed E-state index contributed by atoms with van der Waals surface area (Å²) in [7, 11) is 2.00. The molecule has 0 aliphatic carbocycles. The van der Waals surface area contributed by atoms with Gasteiger partial charge in [-0.3, -0.25) is 10.1 Å². The number of pyridine rings is 1. The molecule has 0 spiro atoms. The minimum Gasteiger partial charge on any atom is -0.364 e. The van der Waals surface area contributed by atoms with Crippen molar-refractivity contribution in [2.24, 2.45) is 7.05 Å². The number of aryl methyl sites for hydroxylation is 2. The van der Waals surface area contributed by atoms with Gasteiger partial charge in [-0.1, -0.05) is 0 Å². The molecule has 2 N–H and O–H groups in total. The van der Waals surface area contributed by atoms with Gasteiger partial charge in [-0.2, -0.15) is 0 Å². The van der Waals surface area contributed by atoms with Crippen molar-refractivity contribution in [2.75, 3.05) is 10.6 Å². The summed E-state index contributed by atoms with van der Waals surface area (Å²) < 4.78 is 2.03. The Morgan fingerprint density at radius 1 is 1.29 bits per heavy atom. The Balaban J connectivity index is 1.64. The maximum Gasteiger partial charge on any atom is 0.271 e. The van der Waals surface area contributed by atoms with Crippen molar-refractivity contribution in [2.45, 2.75) is 19.0 Å². The lowest BCUT2D eigenvalue weighted by Gasteiger charge is -2.11. The van der Waals surface area contributed by atoms with Crippen LogP contribution in [0.1, 0.15) is 12.0 Å². The highest BCUT2D eigenvalue weighted by Crippen LogP contribution is 2.33. The Morgan fingerprint density at radius 3 is 2.86 bits per heavy atom. The normalized spacial score (nSPS) is 16.0. The summed E-state index contributed by atoms with van der Waals surface area (Å²) >= 11 is 0. The van der Waals surface area contributed by atoms with Crippen LogP contribution in [0.2, 0.25) is 0 Å². The van der Waals surface area contributed by atoms with E-state index in [4.69, 9.17) is 0 Å². The van der Waals surface area contributed by atoms with Gasteiger partial charge in [0.25, 0.3) is 5.69 Å². The van der Waals surface area contributed by atoms with Gasteiger partial charge in [0.05, 0.1) is 22.5 Å². The first-order valence-corrected chi connectivity index (χ1v) is 6.87. The Morgan fingerprint density at radius 2 is 2.10 bits per heavy atom.